The van der Waals surface area contributed by atoms with Crippen LogP contribution < -0.4 is 16.0 Å². The number of hydrogen-bond donors (Lipinski definition) is 3. The van der Waals surface area contributed by atoms with Crippen LogP contribution in [0.1, 0.15) is 16.7 Å². The van der Waals surface area contributed by atoms with Gasteiger partial charge >= 0.3 is 0 Å². The molecule has 38 heavy (non-hydrogen) atoms. The molecule has 2 heterocycles. The van der Waals surface area contributed by atoms with Gasteiger partial charge in [-0.1, -0.05) is 42.5 Å². The van der Waals surface area contributed by atoms with Crippen LogP contribution in [0.4, 0.5) is 17.1 Å². The molecule has 10 heteroatoms. The minimum Gasteiger partial charge on any atom is -0.379 e. The monoisotopic (exact) mass is 513 g/mol. The van der Waals surface area contributed by atoms with E-state index >= 15 is 0 Å². The Morgan fingerprint density at radius 3 is 2.47 bits per heavy atom. The van der Waals surface area contributed by atoms with Crippen molar-refractivity contribution in [3.05, 3.63) is 99.6 Å². The molecule has 5 rings (SSSR count). The SMILES string of the molecule is O=C(CN1CCOCC1)NCc1ccc(N/C(=C2\C(=O)Nc3ccc([N+](=O)[O-])cc32)c2ccccc2)cc1. The first kappa shape index (κ1) is 25.1. The lowest BCUT2D eigenvalue weighted by Crippen LogP contribution is -2.43. The number of carbonyl (C=O) groups excluding carboxylic acids is 2. The molecule has 3 aromatic carbocycles. The van der Waals surface area contributed by atoms with Crippen LogP contribution in [-0.4, -0.2) is 54.5 Å². The molecule has 10 nitrogen and oxygen atoms in total. The zero-order valence-electron chi connectivity index (χ0n) is 20.6. The molecule has 0 atom stereocenters. The number of nitrogens with one attached hydrogen (secondary N) is 3. The minimum absolute atomic E-state index is 0.0368. The molecular formula is C28H27N5O5. The molecule has 0 radical (unpaired) electrons. The molecule has 2 aliphatic heterocycles. The summed E-state index contributed by atoms with van der Waals surface area (Å²) in [5, 5.41) is 20.5. The van der Waals surface area contributed by atoms with Crippen LogP contribution in [0.15, 0.2) is 72.8 Å². The molecule has 194 valence electrons. The van der Waals surface area contributed by atoms with Gasteiger partial charge in [-0.2, -0.15) is 0 Å². The zero-order chi connectivity index (χ0) is 26.5. The largest absolute Gasteiger partial charge is 0.379 e. The maximum absolute atomic E-state index is 13.0. The van der Waals surface area contributed by atoms with E-state index in [1.54, 1.807) is 6.07 Å². The summed E-state index contributed by atoms with van der Waals surface area (Å²) in [5.74, 6) is -0.378. The molecule has 1 saturated heterocycles. The second kappa shape index (κ2) is 11.2. The number of hydrogen-bond acceptors (Lipinski definition) is 7. The van der Waals surface area contributed by atoms with E-state index in [4.69, 9.17) is 4.74 Å². The van der Waals surface area contributed by atoms with Crippen LogP contribution in [0.2, 0.25) is 0 Å². The molecule has 0 aromatic heterocycles. The van der Waals surface area contributed by atoms with Crippen LogP contribution in [0.25, 0.3) is 11.3 Å². The lowest BCUT2D eigenvalue weighted by Gasteiger charge is -2.25. The Kier molecular flexibility index (Phi) is 7.43. The van der Waals surface area contributed by atoms with E-state index in [2.05, 4.69) is 20.9 Å². The topological polar surface area (TPSA) is 126 Å². The van der Waals surface area contributed by atoms with Crippen LogP contribution in [-0.2, 0) is 20.9 Å². The van der Waals surface area contributed by atoms with Gasteiger partial charge in [0, 0.05) is 48.7 Å². The number of ether oxygens (including phenoxy) is 1. The Morgan fingerprint density at radius 2 is 1.76 bits per heavy atom. The zero-order valence-corrected chi connectivity index (χ0v) is 20.6. The highest BCUT2D eigenvalue weighted by atomic mass is 16.6. The Morgan fingerprint density at radius 1 is 1.03 bits per heavy atom. The molecular weight excluding hydrogens is 486 g/mol. The lowest BCUT2D eigenvalue weighted by atomic mass is 9.99. The summed E-state index contributed by atoms with van der Waals surface area (Å²) < 4.78 is 5.32. The highest BCUT2D eigenvalue weighted by Gasteiger charge is 2.30. The summed E-state index contributed by atoms with van der Waals surface area (Å²) in [4.78, 5) is 38.3. The van der Waals surface area contributed by atoms with Crippen molar-refractivity contribution in [3.8, 4) is 0 Å². The first-order valence-corrected chi connectivity index (χ1v) is 12.3. The highest BCUT2D eigenvalue weighted by Crippen LogP contribution is 2.39. The average molecular weight is 514 g/mol. The number of nitro benzene ring substituents is 1. The standard InChI is InChI=1S/C28H27N5O5/c34-25(18-32-12-14-38-15-13-32)29-17-19-6-8-21(9-7-19)30-27(20-4-2-1-3-5-20)26-23-16-22(33(36)37)10-11-24(23)31-28(26)35/h1-11,16,30H,12-15,17-18H2,(H,29,34)(H,31,35)/b27-26-. The molecule has 0 unspecified atom stereocenters. The van der Waals surface area contributed by atoms with Crippen molar-refractivity contribution < 1.29 is 19.2 Å². The summed E-state index contributed by atoms with van der Waals surface area (Å²) in [6, 6.07) is 21.2. The van der Waals surface area contributed by atoms with E-state index in [-0.39, 0.29) is 17.5 Å². The number of non-ortho nitro benzene ring substituents is 1. The Bertz CT molecular complexity index is 1380. The van der Waals surface area contributed by atoms with Gasteiger partial charge in [-0.15, -0.1) is 0 Å². The van der Waals surface area contributed by atoms with E-state index in [0.717, 1.165) is 29.9 Å². The van der Waals surface area contributed by atoms with Crippen molar-refractivity contribution in [3.63, 3.8) is 0 Å². The lowest BCUT2D eigenvalue weighted by molar-refractivity contribution is -0.384. The van der Waals surface area contributed by atoms with Crippen molar-refractivity contribution >= 4 is 40.1 Å². The van der Waals surface area contributed by atoms with Crippen LogP contribution >= 0.6 is 0 Å². The third-order valence-electron chi connectivity index (χ3n) is 6.45. The van der Waals surface area contributed by atoms with Crippen LogP contribution in [0.3, 0.4) is 0 Å². The van der Waals surface area contributed by atoms with E-state index in [9.17, 15) is 19.7 Å². The first-order chi connectivity index (χ1) is 18.5. The number of rotatable bonds is 8. The molecule has 1 fully saturated rings. The Labute approximate surface area is 219 Å². The van der Waals surface area contributed by atoms with Gasteiger partial charge in [0.1, 0.15) is 0 Å². The van der Waals surface area contributed by atoms with E-state index < -0.39 is 4.92 Å². The maximum Gasteiger partial charge on any atom is 0.270 e. The number of amides is 2. The quantitative estimate of drug-likeness (QED) is 0.239. The van der Waals surface area contributed by atoms with Crippen molar-refractivity contribution in [2.24, 2.45) is 0 Å². The van der Waals surface area contributed by atoms with Gasteiger partial charge in [-0.3, -0.25) is 24.6 Å². The molecule has 2 amide bonds. The summed E-state index contributed by atoms with van der Waals surface area (Å²) in [6.07, 6.45) is 0. The second-order valence-electron chi connectivity index (χ2n) is 9.04. The predicted octanol–water partition coefficient (Wildman–Crippen LogP) is 3.48. The van der Waals surface area contributed by atoms with E-state index in [1.807, 2.05) is 54.6 Å². The van der Waals surface area contributed by atoms with Crippen molar-refractivity contribution in [1.82, 2.24) is 10.2 Å². The maximum atomic E-state index is 13.0. The Balaban J connectivity index is 1.36. The van der Waals surface area contributed by atoms with Crippen molar-refractivity contribution in [2.75, 3.05) is 43.5 Å². The highest BCUT2D eigenvalue weighted by molar-refractivity contribution is 6.37. The number of benzene rings is 3. The van der Waals surface area contributed by atoms with Gasteiger partial charge < -0.3 is 20.7 Å². The smallest absolute Gasteiger partial charge is 0.270 e. The molecule has 3 N–H and O–H groups in total. The van der Waals surface area contributed by atoms with Gasteiger partial charge in [-0.05, 0) is 29.3 Å². The van der Waals surface area contributed by atoms with Gasteiger partial charge in [0.2, 0.25) is 5.91 Å². The molecule has 0 saturated carbocycles. The van der Waals surface area contributed by atoms with Crippen molar-refractivity contribution in [2.45, 2.75) is 6.54 Å². The summed E-state index contributed by atoms with van der Waals surface area (Å²) in [7, 11) is 0. The minimum atomic E-state index is -0.477. The molecule has 0 spiro atoms. The predicted molar refractivity (Wildman–Crippen MR) is 144 cm³/mol. The average Bonchev–Trinajstić information content (AvgIpc) is 3.27. The van der Waals surface area contributed by atoms with Crippen molar-refractivity contribution in [1.29, 1.82) is 0 Å². The van der Waals surface area contributed by atoms with Gasteiger partial charge in [0.05, 0.1) is 36.0 Å². The normalized spacial score (nSPS) is 16.4. The third-order valence-corrected chi connectivity index (χ3v) is 6.45. The van der Waals surface area contributed by atoms with E-state index in [0.29, 0.717) is 48.8 Å². The first-order valence-electron chi connectivity index (χ1n) is 12.3. The molecule has 0 aliphatic carbocycles. The fourth-order valence-electron chi connectivity index (χ4n) is 4.47. The summed E-state index contributed by atoms with van der Waals surface area (Å²) in [6.45, 7) is 3.54. The fourth-order valence-corrected chi connectivity index (χ4v) is 4.47. The second-order valence-corrected chi connectivity index (χ2v) is 9.04. The molecule has 0 bridgehead atoms. The third kappa shape index (κ3) is 5.72. The number of nitrogens with zero attached hydrogens (tertiary/aromatic N) is 2. The van der Waals surface area contributed by atoms with Gasteiger partial charge in [0.15, 0.2) is 0 Å². The number of nitro groups is 1. The number of carbonyl (C=O) groups is 2. The molecule has 2 aliphatic rings. The van der Waals surface area contributed by atoms with Gasteiger partial charge in [0.25, 0.3) is 11.6 Å². The number of fused-ring (bicyclic) bond motifs is 1. The number of anilines is 2. The van der Waals surface area contributed by atoms with E-state index in [1.165, 1.54) is 12.1 Å². The number of morpholine rings is 1. The molecule has 3 aromatic rings. The summed E-state index contributed by atoms with van der Waals surface area (Å²) >= 11 is 0. The fraction of sp³-hybridized carbons (Fsp3) is 0.214. The van der Waals surface area contributed by atoms with Gasteiger partial charge in [-0.25, -0.2) is 0 Å². The van der Waals surface area contributed by atoms with Crippen LogP contribution in [0.5, 0.6) is 0 Å². The Hall–Kier alpha value is -4.54. The summed E-state index contributed by atoms with van der Waals surface area (Å²) in [5.41, 5.74) is 4.18. The van der Waals surface area contributed by atoms with Crippen LogP contribution in [0, 0.1) is 10.1 Å².